The van der Waals surface area contributed by atoms with Gasteiger partial charge in [0.05, 0.1) is 59.4 Å². The molecule has 372 valence electrons. The number of H-pyrrole nitrogens is 2. The van der Waals surface area contributed by atoms with E-state index in [0.29, 0.717) is 29.2 Å². The molecule has 5 N–H and O–H groups in total. The zero-order valence-electron chi connectivity index (χ0n) is 41.5. The molecular formula is C59H60N6O7Si. The molecule has 4 amide bonds. The summed E-state index contributed by atoms with van der Waals surface area (Å²) in [5, 5.41) is 19.5. The Labute approximate surface area is 425 Å². The van der Waals surface area contributed by atoms with Crippen molar-refractivity contribution in [3.63, 3.8) is 0 Å². The van der Waals surface area contributed by atoms with Gasteiger partial charge in [0.1, 0.15) is 5.75 Å². The highest BCUT2D eigenvalue weighted by Crippen LogP contribution is 2.60. The van der Waals surface area contributed by atoms with Crippen LogP contribution >= 0.6 is 0 Å². The Morgan fingerprint density at radius 1 is 0.753 bits per heavy atom. The number of ether oxygens (including phenoxy) is 2. The van der Waals surface area contributed by atoms with Gasteiger partial charge in [-0.2, -0.15) is 0 Å². The molecule has 73 heavy (non-hydrogen) atoms. The first kappa shape index (κ1) is 48.8. The number of hydrogen-bond acceptors (Lipinski definition) is 7. The van der Waals surface area contributed by atoms with E-state index in [9.17, 15) is 19.5 Å². The minimum absolute atomic E-state index is 0.0276. The summed E-state index contributed by atoms with van der Waals surface area (Å²) in [4.78, 5) is 68.0. The SMILES string of the molecule is COc1ccc([Si](C)(C)[C@@H]2[C@@H](CC(=O)N(CCO)Cc3ccccc3)O[C@]3(C(=O)N(Cc4cccc(NC(=O)Cc5c[nH]c6ccccc56)c4)c4ccc(NC(=O)Cc5c[nH]c6ccccc56)cc43)[C@H]2C)cc1. The van der Waals surface area contributed by atoms with E-state index in [0.717, 1.165) is 55.0 Å². The van der Waals surface area contributed by atoms with Gasteiger partial charge in [-0.1, -0.05) is 116 Å². The molecular weight excluding hydrogens is 933 g/mol. The van der Waals surface area contributed by atoms with Crippen molar-refractivity contribution in [2.45, 2.75) is 69.6 Å². The van der Waals surface area contributed by atoms with Crippen molar-refractivity contribution in [1.82, 2.24) is 14.9 Å². The number of nitrogens with one attached hydrogen (secondary N) is 4. The number of para-hydroxylation sites is 2. The molecule has 0 aliphatic carbocycles. The first-order valence-corrected chi connectivity index (χ1v) is 27.9. The highest BCUT2D eigenvalue weighted by atomic mass is 28.3. The monoisotopic (exact) mass is 992 g/mol. The zero-order valence-corrected chi connectivity index (χ0v) is 42.5. The lowest BCUT2D eigenvalue weighted by Crippen LogP contribution is -2.52. The fraction of sp³-hybridized carbons (Fsp3) is 0.254. The van der Waals surface area contributed by atoms with Crippen LogP contribution in [0.5, 0.6) is 5.75 Å². The number of aromatic nitrogens is 2. The molecule has 13 nitrogen and oxygen atoms in total. The maximum Gasteiger partial charge on any atom is 0.264 e. The number of aromatic amines is 2. The lowest BCUT2D eigenvalue weighted by atomic mass is 9.82. The van der Waals surface area contributed by atoms with Crippen molar-refractivity contribution in [3.8, 4) is 5.75 Å². The third-order valence-corrected chi connectivity index (χ3v) is 19.4. The summed E-state index contributed by atoms with van der Waals surface area (Å²) >= 11 is 0. The number of anilines is 3. The molecule has 0 saturated carbocycles. The highest BCUT2D eigenvalue weighted by molar-refractivity contribution is 6.91. The number of carbonyl (C=O) groups is 4. The van der Waals surface area contributed by atoms with Crippen LogP contribution < -0.4 is 25.5 Å². The third kappa shape index (κ3) is 9.56. The fourth-order valence-corrected chi connectivity index (χ4v) is 15.5. The quantitative estimate of drug-likeness (QED) is 0.0567. The number of hydrogen-bond donors (Lipinski definition) is 5. The van der Waals surface area contributed by atoms with Gasteiger partial charge in [0.15, 0.2) is 5.60 Å². The molecule has 1 saturated heterocycles. The molecule has 6 aromatic carbocycles. The van der Waals surface area contributed by atoms with Gasteiger partial charge in [-0.05, 0) is 82.4 Å². The summed E-state index contributed by atoms with van der Waals surface area (Å²) in [6, 6.07) is 46.5. The van der Waals surface area contributed by atoms with E-state index in [4.69, 9.17) is 9.47 Å². The molecule has 4 atom stereocenters. The number of methoxy groups -OCH3 is 1. The zero-order chi connectivity index (χ0) is 50.9. The van der Waals surface area contributed by atoms with E-state index in [1.807, 2.05) is 146 Å². The van der Waals surface area contributed by atoms with Crippen molar-refractivity contribution >= 4 is 75.8 Å². The van der Waals surface area contributed by atoms with E-state index in [-0.39, 0.29) is 68.1 Å². The van der Waals surface area contributed by atoms with E-state index in [1.54, 1.807) is 16.9 Å². The molecule has 1 fully saturated rings. The van der Waals surface area contributed by atoms with Crippen molar-refractivity contribution in [2.24, 2.45) is 5.92 Å². The molecule has 14 heteroatoms. The van der Waals surface area contributed by atoms with Gasteiger partial charge in [0, 0.05) is 70.1 Å². The molecule has 8 aromatic rings. The summed E-state index contributed by atoms with van der Waals surface area (Å²) in [5.41, 5.74) is 5.86. The van der Waals surface area contributed by atoms with Gasteiger partial charge in [-0.3, -0.25) is 19.2 Å². The Bertz CT molecular complexity index is 3330. The Hall–Kier alpha value is -7.78. The Morgan fingerprint density at radius 3 is 1.99 bits per heavy atom. The van der Waals surface area contributed by atoms with Gasteiger partial charge in [-0.25, -0.2) is 0 Å². The number of amides is 4. The predicted molar refractivity (Wildman–Crippen MR) is 288 cm³/mol. The largest absolute Gasteiger partial charge is 0.497 e. The molecule has 0 unspecified atom stereocenters. The van der Waals surface area contributed by atoms with Crippen LogP contribution in [0.3, 0.4) is 0 Å². The summed E-state index contributed by atoms with van der Waals surface area (Å²) in [6.07, 6.45) is 3.28. The van der Waals surface area contributed by atoms with E-state index in [1.165, 1.54) is 0 Å². The van der Waals surface area contributed by atoms with Crippen LogP contribution in [0.25, 0.3) is 21.8 Å². The number of rotatable bonds is 17. The van der Waals surface area contributed by atoms with E-state index < -0.39 is 25.7 Å². The average Bonchev–Trinajstić information content (AvgIpc) is 4.14. The molecule has 2 aliphatic rings. The standard InChI is InChI=1S/C59H60N6O7Si/c1-38-57(73(3,4)46-24-22-45(71-2)23-25-46)53(33-56(69)64(27-28-66)36-39-13-6-5-7-14-39)72-59(38)49-32-44(63-55(68)31-42-35-61-51-20-11-9-18-48(42)51)21-26-52(49)65(58(59)70)37-40-15-12-16-43(29-40)62-54(67)30-41-34-60-50-19-10-8-17-47(41)50/h5-26,29,32,34-35,38,53,57,60-61,66H,27-28,30-31,33,36-37H2,1-4H3,(H,62,67)(H,63,68)/t38-,53+,57-,59+/m0/s1. The van der Waals surface area contributed by atoms with Gasteiger partial charge >= 0.3 is 0 Å². The van der Waals surface area contributed by atoms with Crippen molar-refractivity contribution in [3.05, 3.63) is 186 Å². The van der Waals surface area contributed by atoms with Crippen LogP contribution in [0.15, 0.2) is 158 Å². The number of nitrogens with zero attached hydrogens (tertiary/aromatic N) is 2. The Balaban J connectivity index is 1.01. The van der Waals surface area contributed by atoms with Crippen LogP contribution in [0.4, 0.5) is 17.1 Å². The van der Waals surface area contributed by atoms with E-state index >= 15 is 4.79 Å². The maximum atomic E-state index is 15.9. The number of benzene rings is 6. The van der Waals surface area contributed by atoms with Crippen LogP contribution in [0.1, 0.15) is 41.2 Å². The van der Waals surface area contributed by atoms with Gasteiger partial charge in [0.2, 0.25) is 17.7 Å². The number of aliphatic hydroxyl groups excluding tert-OH is 1. The van der Waals surface area contributed by atoms with Gasteiger partial charge in [-0.15, -0.1) is 0 Å². The Kier molecular flexibility index (Phi) is 13.6. The lowest BCUT2D eigenvalue weighted by molar-refractivity contribution is -0.150. The molecule has 0 bridgehead atoms. The molecule has 2 aromatic heterocycles. The summed E-state index contributed by atoms with van der Waals surface area (Å²) in [5.74, 6) is -0.602. The third-order valence-electron chi connectivity index (χ3n) is 15.0. The van der Waals surface area contributed by atoms with Crippen molar-refractivity contribution in [2.75, 3.05) is 35.8 Å². The van der Waals surface area contributed by atoms with Gasteiger partial charge < -0.3 is 45.0 Å². The molecule has 1 spiro atoms. The normalized spacial score (nSPS) is 18.3. The number of carbonyl (C=O) groups excluding carboxylic acids is 4. The molecule has 2 aliphatic heterocycles. The lowest BCUT2D eigenvalue weighted by Gasteiger charge is -2.37. The first-order valence-electron chi connectivity index (χ1n) is 24.9. The molecule has 4 heterocycles. The van der Waals surface area contributed by atoms with Crippen LogP contribution in [0, 0.1) is 5.92 Å². The topological polar surface area (TPSA) is 169 Å². The van der Waals surface area contributed by atoms with E-state index in [2.05, 4.69) is 52.8 Å². The molecule has 10 rings (SSSR count). The van der Waals surface area contributed by atoms with Crippen molar-refractivity contribution < 1.29 is 33.8 Å². The van der Waals surface area contributed by atoms with Crippen LogP contribution in [-0.2, 0) is 55.4 Å². The van der Waals surface area contributed by atoms with Gasteiger partial charge in [0.25, 0.3) is 5.91 Å². The smallest absolute Gasteiger partial charge is 0.264 e. The first-order chi connectivity index (χ1) is 35.4. The second-order valence-electron chi connectivity index (χ2n) is 19.9. The maximum absolute atomic E-state index is 15.9. The fourth-order valence-electron chi connectivity index (χ4n) is 11.5. The van der Waals surface area contributed by atoms with Crippen LogP contribution in [-0.4, -0.2) is 78.0 Å². The Morgan fingerprint density at radius 2 is 1.36 bits per heavy atom. The second kappa shape index (κ2) is 20.4. The minimum atomic E-state index is -2.69. The second-order valence-corrected chi connectivity index (χ2v) is 24.6. The summed E-state index contributed by atoms with van der Waals surface area (Å²) in [6.45, 7) is 6.97. The minimum Gasteiger partial charge on any atom is -0.497 e. The molecule has 0 radical (unpaired) electrons. The number of fused-ring (bicyclic) bond motifs is 4. The summed E-state index contributed by atoms with van der Waals surface area (Å²) < 4.78 is 13.0. The summed E-state index contributed by atoms with van der Waals surface area (Å²) in [7, 11) is -1.06. The van der Waals surface area contributed by atoms with Crippen molar-refractivity contribution in [1.29, 1.82) is 0 Å². The highest BCUT2D eigenvalue weighted by Gasteiger charge is 2.66. The average molecular weight is 993 g/mol. The van der Waals surface area contributed by atoms with Crippen LogP contribution in [0.2, 0.25) is 18.6 Å². The number of aliphatic hydroxyl groups is 1. The predicted octanol–water partition coefficient (Wildman–Crippen LogP) is 9.19.